The van der Waals surface area contributed by atoms with E-state index in [0.717, 1.165) is 16.1 Å². The van der Waals surface area contributed by atoms with Crippen LogP contribution in [0.3, 0.4) is 0 Å². The van der Waals surface area contributed by atoms with Gasteiger partial charge in [-0.15, -0.1) is 0 Å². The summed E-state index contributed by atoms with van der Waals surface area (Å²) >= 11 is 11.4. The van der Waals surface area contributed by atoms with E-state index in [0.29, 0.717) is 5.56 Å². The minimum atomic E-state index is -0.571. The molecule has 20 heavy (non-hydrogen) atoms. The van der Waals surface area contributed by atoms with Gasteiger partial charge in [-0.3, -0.25) is 9.59 Å². The summed E-state index contributed by atoms with van der Waals surface area (Å²) < 4.78 is 2.93. The zero-order chi connectivity index (χ0) is 15.0. The number of carbonyl (C=O) groups is 1. The number of ketones is 1. The molecule has 0 unspecified atom stereocenters. The molecule has 7 heteroatoms. The second-order valence-corrected chi connectivity index (χ2v) is 5.32. The summed E-state index contributed by atoms with van der Waals surface area (Å²) in [7, 11) is 1.88. The van der Waals surface area contributed by atoms with Gasteiger partial charge in [0.05, 0.1) is 11.2 Å². The minimum Gasteiger partial charge on any atom is -0.351 e. The lowest BCUT2D eigenvalue weighted by Gasteiger charge is -2.05. The van der Waals surface area contributed by atoms with E-state index in [9.17, 15) is 9.59 Å². The maximum atomic E-state index is 12.3. The number of carbonyl (C=O) groups excluding carboxylic acids is 1. The Kier molecular flexibility index (Phi) is 4.01. The van der Waals surface area contributed by atoms with Crippen LogP contribution in [0.1, 0.15) is 21.7 Å². The van der Waals surface area contributed by atoms with Crippen molar-refractivity contribution in [1.29, 1.82) is 0 Å². The van der Waals surface area contributed by atoms with Crippen LogP contribution in [-0.2, 0) is 13.6 Å². The number of rotatable bonds is 3. The second kappa shape index (κ2) is 5.42. The number of Topliss-reactive ketones (excluding diaryl/α,β-unsaturated/α-hetero) is 1. The topological polar surface area (TPSA) is 56.9 Å². The molecule has 106 valence electrons. The predicted molar refractivity (Wildman–Crippen MR) is 77.7 cm³/mol. The Morgan fingerprint density at radius 2 is 2.00 bits per heavy atom. The third-order valence-corrected chi connectivity index (χ3v) is 4.06. The standard InChI is InChI=1S/C13H13Cl2N3O2/c1-7-4-9(8(2)17(7)3)11(19)6-18-13(20)12(15)10(14)5-16-18/h4-5H,6H2,1-3H3. The van der Waals surface area contributed by atoms with Gasteiger partial charge in [0.1, 0.15) is 11.6 Å². The van der Waals surface area contributed by atoms with Crippen LogP contribution in [0.15, 0.2) is 17.1 Å². The molecule has 0 atom stereocenters. The Morgan fingerprint density at radius 1 is 1.35 bits per heavy atom. The van der Waals surface area contributed by atoms with Crippen LogP contribution in [0.25, 0.3) is 0 Å². The van der Waals surface area contributed by atoms with E-state index in [4.69, 9.17) is 23.2 Å². The molecule has 0 N–H and O–H groups in total. The Bertz CT molecular complexity index is 747. The molecule has 0 aliphatic carbocycles. The van der Waals surface area contributed by atoms with Crippen LogP contribution in [0.4, 0.5) is 0 Å². The SMILES string of the molecule is Cc1cc(C(=O)Cn2ncc(Cl)c(Cl)c2=O)c(C)n1C. The van der Waals surface area contributed by atoms with Gasteiger partial charge in [0.2, 0.25) is 0 Å². The molecule has 5 nitrogen and oxygen atoms in total. The molecule has 0 saturated carbocycles. The fourth-order valence-corrected chi connectivity index (χ4v) is 2.19. The number of halogens is 2. The van der Waals surface area contributed by atoms with Gasteiger partial charge >= 0.3 is 0 Å². The maximum absolute atomic E-state index is 12.3. The van der Waals surface area contributed by atoms with Gasteiger partial charge in [0, 0.05) is 24.0 Å². The van der Waals surface area contributed by atoms with Crippen molar-refractivity contribution in [1.82, 2.24) is 14.3 Å². The van der Waals surface area contributed by atoms with Gasteiger partial charge in [-0.2, -0.15) is 5.10 Å². The Morgan fingerprint density at radius 3 is 2.55 bits per heavy atom. The minimum absolute atomic E-state index is 0.0760. The van der Waals surface area contributed by atoms with Crippen molar-refractivity contribution >= 4 is 29.0 Å². The summed E-state index contributed by atoms with van der Waals surface area (Å²) in [5.74, 6) is -0.195. The van der Waals surface area contributed by atoms with Crippen molar-refractivity contribution in [3.05, 3.63) is 49.6 Å². The quantitative estimate of drug-likeness (QED) is 0.817. The molecule has 0 aliphatic rings. The fraction of sp³-hybridized carbons (Fsp3) is 0.308. The number of hydrogen-bond donors (Lipinski definition) is 0. The van der Waals surface area contributed by atoms with Crippen LogP contribution in [-0.4, -0.2) is 20.1 Å². The maximum Gasteiger partial charge on any atom is 0.287 e. The Balaban J connectivity index is 2.35. The third kappa shape index (κ3) is 2.51. The molecule has 0 radical (unpaired) electrons. The molecule has 0 fully saturated rings. The number of aryl methyl sites for hydroxylation is 1. The second-order valence-electron chi connectivity index (χ2n) is 4.54. The molecule has 0 amide bonds. The van der Waals surface area contributed by atoms with Crippen LogP contribution < -0.4 is 5.56 Å². The van der Waals surface area contributed by atoms with Crippen molar-refractivity contribution in [2.24, 2.45) is 7.05 Å². The molecule has 2 heterocycles. The number of aromatic nitrogens is 3. The molecule has 0 saturated heterocycles. The van der Waals surface area contributed by atoms with Crippen molar-refractivity contribution in [3.63, 3.8) is 0 Å². The molecular formula is C13H13Cl2N3O2. The summed E-state index contributed by atoms with van der Waals surface area (Å²) in [5, 5.41) is 3.77. The van der Waals surface area contributed by atoms with Gasteiger partial charge in [0.25, 0.3) is 5.56 Å². The summed E-state index contributed by atoms with van der Waals surface area (Å²) in [6.07, 6.45) is 1.25. The Labute approximate surface area is 125 Å². The van der Waals surface area contributed by atoms with Gasteiger partial charge in [0.15, 0.2) is 5.78 Å². The first kappa shape index (κ1) is 14.8. The summed E-state index contributed by atoms with van der Waals surface area (Å²) in [4.78, 5) is 24.1. The largest absolute Gasteiger partial charge is 0.351 e. The first-order valence-corrected chi connectivity index (χ1v) is 6.65. The molecule has 0 aromatic carbocycles. The molecule has 2 aromatic rings. The van der Waals surface area contributed by atoms with Crippen LogP contribution >= 0.6 is 23.2 Å². The third-order valence-electron chi connectivity index (χ3n) is 3.31. The van der Waals surface area contributed by atoms with E-state index >= 15 is 0 Å². The molecule has 2 rings (SSSR count). The average Bonchev–Trinajstić information content (AvgIpc) is 2.67. The molecular weight excluding hydrogens is 301 g/mol. The molecule has 2 aromatic heterocycles. The van der Waals surface area contributed by atoms with E-state index in [1.807, 2.05) is 25.5 Å². The highest BCUT2D eigenvalue weighted by Gasteiger charge is 2.16. The molecule has 0 bridgehead atoms. The zero-order valence-electron chi connectivity index (χ0n) is 11.3. The normalized spacial score (nSPS) is 10.8. The lowest BCUT2D eigenvalue weighted by molar-refractivity contribution is 0.0965. The van der Waals surface area contributed by atoms with Gasteiger partial charge in [-0.05, 0) is 19.9 Å². The highest BCUT2D eigenvalue weighted by Crippen LogP contribution is 2.16. The number of hydrogen-bond acceptors (Lipinski definition) is 3. The van der Waals surface area contributed by atoms with Crippen molar-refractivity contribution in [3.8, 4) is 0 Å². The predicted octanol–water partition coefficient (Wildman–Crippen LogP) is 2.39. The van der Waals surface area contributed by atoms with Crippen LogP contribution in [0.5, 0.6) is 0 Å². The first-order valence-electron chi connectivity index (χ1n) is 5.90. The average molecular weight is 314 g/mol. The van der Waals surface area contributed by atoms with E-state index in [-0.39, 0.29) is 22.4 Å². The fourth-order valence-electron chi connectivity index (χ4n) is 1.92. The van der Waals surface area contributed by atoms with Gasteiger partial charge in [-0.1, -0.05) is 23.2 Å². The van der Waals surface area contributed by atoms with Crippen molar-refractivity contribution < 1.29 is 4.79 Å². The highest BCUT2D eigenvalue weighted by atomic mass is 35.5. The van der Waals surface area contributed by atoms with E-state index in [2.05, 4.69) is 5.10 Å². The summed E-state index contributed by atoms with van der Waals surface area (Å²) in [6, 6.07) is 1.79. The lowest BCUT2D eigenvalue weighted by Crippen LogP contribution is -2.27. The van der Waals surface area contributed by atoms with Crippen molar-refractivity contribution in [2.75, 3.05) is 0 Å². The van der Waals surface area contributed by atoms with E-state index in [1.165, 1.54) is 6.20 Å². The first-order chi connectivity index (χ1) is 9.32. The monoisotopic (exact) mass is 313 g/mol. The summed E-state index contributed by atoms with van der Waals surface area (Å²) in [5.41, 5.74) is 1.82. The highest BCUT2D eigenvalue weighted by molar-refractivity contribution is 6.41. The number of nitrogens with zero attached hydrogens (tertiary/aromatic N) is 3. The van der Waals surface area contributed by atoms with Gasteiger partial charge < -0.3 is 4.57 Å². The molecule has 0 aliphatic heterocycles. The van der Waals surface area contributed by atoms with E-state index in [1.54, 1.807) is 6.07 Å². The molecule has 0 spiro atoms. The van der Waals surface area contributed by atoms with Crippen LogP contribution in [0, 0.1) is 13.8 Å². The van der Waals surface area contributed by atoms with Gasteiger partial charge in [-0.25, -0.2) is 4.68 Å². The summed E-state index contributed by atoms with van der Waals surface area (Å²) in [6.45, 7) is 3.60. The Hall–Kier alpha value is -1.59. The van der Waals surface area contributed by atoms with E-state index < -0.39 is 5.56 Å². The zero-order valence-corrected chi connectivity index (χ0v) is 12.8. The van der Waals surface area contributed by atoms with Crippen LogP contribution in [0.2, 0.25) is 10.0 Å². The lowest BCUT2D eigenvalue weighted by atomic mass is 10.1. The van der Waals surface area contributed by atoms with Crippen molar-refractivity contribution in [2.45, 2.75) is 20.4 Å². The smallest absolute Gasteiger partial charge is 0.287 e.